The molecule has 33 heavy (non-hydrogen) atoms. The summed E-state index contributed by atoms with van der Waals surface area (Å²) >= 11 is 1.18. The first-order chi connectivity index (χ1) is 15.8. The number of thioether (sulfide) groups is 1. The minimum atomic E-state index is -1.32. The highest BCUT2D eigenvalue weighted by atomic mass is 32.2. The van der Waals surface area contributed by atoms with Gasteiger partial charge in [0, 0.05) is 26.2 Å². The topological polar surface area (TPSA) is 89.3 Å². The molecule has 0 bridgehead atoms. The van der Waals surface area contributed by atoms with E-state index in [4.69, 9.17) is 0 Å². The van der Waals surface area contributed by atoms with E-state index < -0.39 is 28.5 Å². The van der Waals surface area contributed by atoms with Crippen molar-refractivity contribution < 1.29 is 18.7 Å². The molecule has 1 aliphatic rings. The summed E-state index contributed by atoms with van der Waals surface area (Å²) in [6.07, 6.45) is -0.298. The largest absolute Gasteiger partial charge is 0.383 e. The summed E-state index contributed by atoms with van der Waals surface area (Å²) in [5.74, 6) is -1.26. The number of carbonyl (C=O) groups excluding carboxylic acids is 1. The van der Waals surface area contributed by atoms with Crippen molar-refractivity contribution in [2.75, 3.05) is 20.6 Å². The molecule has 10 heteroatoms. The number of aliphatic hydroxyl groups excluding tert-OH is 1. The predicted octanol–water partition coefficient (Wildman–Crippen LogP) is 3.01. The maximum Gasteiger partial charge on any atom is 0.272 e. The summed E-state index contributed by atoms with van der Waals surface area (Å²) < 4.78 is 28.5. The van der Waals surface area contributed by atoms with E-state index >= 15 is 0 Å². The van der Waals surface area contributed by atoms with Gasteiger partial charge in [0.25, 0.3) is 5.91 Å². The highest BCUT2D eigenvalue weighted by Gasteiger charge is 2.49. The van der Waals surface area contributed by atoms with Gasteiger partial charge in [-0.05, 0) is 43.5 Å². The molecule has 2 aromatic carbocycles. The van der Waals surface area contributed by atoms with Gasteiger partial charge in [-0.15, -0.1) is 0 Å². The van der Waals surface area contributed by atoms with Gasteiger partial charge in [0.2, 0.25) is 0 Å². The Morgan fingerprint density at radius 3 is 2.64 bits per heavy atom. The Morgan fingerprint density at radius 1 is 1.27 bits per heavy atom. The number of nitrogens with one attached hydrogen (secondary N) is 2. The second-order valence-corrected chi connectivity index (χ2v) is 8.73. The Bertz CT molecular complexity index is 1050. The van der Waals surface area contributed by atoms with Gasteiger partial charge in [0.15, 0.2) is 5.96 Å². The number of guanidine groups is 1. The smallest absolute Gasteiger partial charge is 0.272 e. The van der Waals surface area contributed by atoms with Crippen LogP contribution in [0.25, 0.3) is 0 Å². The maximum absolute atomic E-state index is 14.6. The highest BCUT2D eigenvalue weighted by molar-refractivity contribution is 8.15. The Kier molecular flexibility index (Phi) is 8.04. The zero-order chi connectivity index (χ0) is 24.0. The minimum absolute atomic E-state index is 0.0325. The molecule has 1 unspecified atom stereocenters. The maximum atomic E-state index is 14.6. The van der Waals surface area contributed by atoms with Crippen molar-refractivity contribution in [2.45, 2.75) is 30.7 Å². The Hall–Kier alpha value is -2.98. The number of nitrogens with zero attached hydrogens (tertiary/aromatic N) is 3. The molecular weight excluding hydrogens is 448 g/mol. The monoisotopic (exact) mass is 475 g/mol. The van der Waals surface area contributed by atoms with E-state index in [9.17, 15) is 18.7 Å². The van der Waals surface area contributed by atoms with Crippen LogP contribution in [0.15, 0.2) is 58.6 Å². The van der Waals surface area contributed by atoms with E-state index in [0.29, 0.717) is 25.3 Å². The number of aliphatic imine (C=N–C) groups is 1. The third-order valence-corrected chi connectivity index (χ3v) is 6.64. The van der Waals surface area contributed by atoms with Gasteiger partial charge in [0.1, 0.15) is 27.7 Å². The minimum Gasteiger partial charge on any atom is -0.383 e. The summed E-state index contributed by atoms with van der Waals surface area (Å²) in [5.41, 5.74) is 0.729. The second-order valence-electron chi connectivity index (χ2n) is 7.46. The van der Waals surface area contributed by atoms with Crippen LogP contribution in [0, 0.1) is 11.6 Å². The number of hydrogen-bond donors (Lipinski definition) is 3. The zero-order valence-corrected chi connectivity index (χ0v) is 19.5. The van der Waals surface area contributed by atoms with Crippen LogP contribution in [0.5, 0.6) is 0 Å². The van der Waals surface area contributed by atoms with Crippen LogP contribution in [0.4, 0.5) is 8.78 Å². The van der Waals surface area contributed by atoms with Crippen LogP contribution in [-0.2, 0) is 9.67 Å². The van der Waals surface area contributed by atoms with E-state index in [1.54, 1.807) is 14.1 Å². The van der Waals surface area contributed by atoms with E-state index in [1.165, 1.54) is 23.7 Å². The fraction of sp³-hybridized carbons (Fsp3) is 0.348. The normalized spacial score (nSPS) is 19.3. The molecule has 0 fully saturated rings. The van der Waals surface area contributed by atoms with Crippen LogP contribution in [0.3, 0.4) is 0 Å². The molecule has 0 saturated carbocycles. The highest BCUT2D eigenvalue weighted by Crippen LogP contribution is 2.50. The lowest BCUT2D eigenvalue weighted by Crippen LogP contribution is -2.45. The van der Waals surface area contributed by atoms with Crippen LogP contribution in [0.1, 0.15) is 30.9 Å². The van der Waals surface area contributed by atoms with Gasteiger partial charge in [0.05, 0.1) is 0 Å². The summed E-state index contributed by atoms with van der Waals surface area (Å²) in [6.45, 7) is 1.90. The molecule has 0 aromatic heterocycles. The van der Waals surface area contributed by atoms with Crippen LogP contribution in [-0.4, -0.2) is 53.8 Å². The number of hydrogen-bond acceptors (Lipinski definition) is 5. The lowest BCUT2D eigenvalue weighted by atomic mass is 9.99. The van der Waals surface area contributed by atoms with Crippen molar-refractivity contribution in [3.05, 3.63) is 71.3 Å². The number of hydrazone groups is 1. The molecule has 0 aliphatic carbocycles. The molecule has 3 rings (SSSR count). The molecule has 7 nitrogen and oxygen atoms in total. The first-order valence-electron chi connectivity index (χ1n) is 10.5. The molecule has 176 valence electrons. The average Bonchev–Trinajstić information content (AvgIpc) is 3.21. The number of halogens is 2. The van der Waals surface area contributed by atoms with Crippen molar-refractivity contribution in [3.8, 4) is 0 Å². The Labute approximate surface area is 196 Å². The standard InChI is InChI=1S/C23H27F2N5O2S/c1-15(31)21(32)30-23(16-8-5-4-6-9-16,12-7-13-28-22(26-2)27-3)33-20(29-30)18-14-17(24)10-11-19(18)25/h4-6,8-11,14-15,31H,7,12-13H2,1-3H3,(H2,26,27,28)/t15-,23?/m0/s1. The summed E-state index contributed by atoms with van der Waals surface area (Å²) in [4.78, 5) is 16.1. The number of benzene rings is 2. The molecule has 0 radical (unpaired) electrons. The molecule has 0 spiro atoms. The van der Waals surface area contributed by atoms with E-state index in [-0.39, 0.29) is 10.6 Å². The second kappa shape index (κ2) is 10.8. The third kappa shape index (κ3) is 5.33. The lowest BCUT2D eigenvalue weighted by molar-refractivity contribution is -0.143. The molecule has 1 amide bonds. The molecule has 1 heterocycles. The molecule has 2 atom stereocenters. The van der Waals surface area contributed by atoms with Gasteiger partial charge >= 0.3 is 0 Å². The van der Waals surface area contributed by atoms with Crippen molar-refractivity contribution in [1.29, 1.82) is 0 Å². The third-order valence-electron chi connectivity index (χ3n) is 5.19. The van der Waals surface area contributed by atoms with E-state index in [0.717, 1.165) is 23.8 Å². The molecule has 1 aliphatic heterocycles. The Morgan fingerprint density at radius 2 is 2.00 bits per heavy atom. The Balaban J connectivity index is 2.02. The van der Waals surface area contributed by atoms with Gasteiger partial charge in [-0.1, -0.05) is 42.1 Å². The van der Waals surface area contributed by atoms with Crippen LogP contribution >= 0.6 is 11.8 Å². The van der Waals surface area contributed by atoms with Gasteiger partial charge < -0.3 is 15.7 Å². The molecule has 0 saturated heterocycles. The fourth-order valence-corrected chi connectivity index (χ4v) is 4.99. The predicted molar refractivity (Wildman–Crippen MR) is 127 cm³/mol. The molecular formula is C23H27F2N5O2S. The van der Waals surface area contributed by atoms with Crippen molar-refractivity contribution in [1.82, 2.24) is 15.6 Å². The van der Waals surface area contributed by atoms with Crippen molar-refractivity contribution in [2.24, 2.45) is 10.1 Å². The fourth-order valence-electron chi connectivity index (χ4n) is 3.56. The van der Waals surface area contributed by atoms with Crippen LogP contribution in [0.2, 0.25) is 0 Å². The summed E-state index contributed by atoms with van der Waals surface area (Å²) in [7, 11) is 3.41. The number of carbonyl (C=O) groups is 1. The SMILES string of the molecule is CN=C(NC)NCCCC1(c2ccccc2)SC(c2cc(F)ccc2F)=NN1C(=O)[C@H](C)O. The van der Waals surface area contributed by atoms with E-state index in [2.05, 4.69) is 20.7 Å². The van der Waals surface area contributed by atoms with Gasteiger partial charge in [-0.25, -0.2) is 13.8 Å². The van der Waals surface area contributed by atoms with Crippen molar-refractivity contribution in [3.63, 3.8) is 0 Å². The average molecular weight is 476 g/mol. The number of amides is 1. The van der Waals surface area contributed by atoms with Crippen molar-refractivity contribution >= 4 is 28.7 Å². The molecule has 3 N–H and O–H groups in total. The molecule has 2 aromatic rings. The summed E-state index contributed by atoms with van der Waals surface area (Å²) in [6, 6.07) is 12.4. The number of aliphatic hydroxyl groups is 1. The first kappa shape index (κ1) is 24.7. The number of rotatable bonds is 7. The van der Waals surface area contributed by atoms with Crippen LogP contribution < -0.4 is 10.6 Å². The quantitative estimate of drug-likeness (QED) is 0.326. The summed E-state index contributed by atoms with van der Waals surface area (Å²) in [5, 5.41) is 22.0. The van der Waals surface area contributed by atoms with Gasteiger partial charge in [-0.3, -0.25) is 9.79 Å². The lowest BCUT2D eigenvalue weighted by Gasteiger charge is -2.36. The first-order valence-corrected chi connectivity index (χ1v) is 11.3. The van der Waals surface area contributed by atoms with Gasteiger partial charge in [-0.2, -0.15) is 5.10 Å². The van der Waals surface area contributed by atoms with E-state index in [1.807, 2.05) is 30.3 Å². The zero-order valence-electron chi connectivity index (χ0n) is 18.7.